The van der Waals surface area contributed by atoms with Crippen LogP contribution in [0.25, 0.3) is 11.3 Å². The molecule has 0 bridgehead atoms. The first-order valence-corrected chi connectivity index (χ1v) is 13.6. The molecule has 0 saturated heterocycles. The Bertz CT molecular complexity index is 926. The minimum absolute atomic E-state index is 0.0672. The van der Waals surface area contributed by atoms with Gasteiger partial charge in [-0.3, -0.25) is 14.3 Å². The van der Waals surface area contributed by atoms with Crippen LogP contribution in [0.1, 0.15) is 84.1 Å². The summed E-state index contributed by atoms with van der Waals surface area (Å²) in [5.74, 6) is 2.18. The van der Waals surface area contributed by atoms with Crippen LogP contribution in [-0.2, 0) is 11.3 Å². The van der Waals surface area contributed by atoms with Crippen molar-refractivity contribution in [1.82, 2.24) is 20.4 Å². The molecule has 1 aromatic heterocycles. The number of ether oxygens (including phenoxy) is 2. The third-order valence-electron chi connectivity index (χ3n) is 5.77. The fourth-order valence-corrected chi connectivity index (χ4v) is 3.64. The summed E-state index contributed by atoms with van der Waals surface area (Å²) >= 11 is 0. The molecule has 0 spiro atoms. The molecule has 0 radical (unpaired) electrons. The molecule has 2 amide bonds. The van der Waals surface area contributed by atoms with Gasteiger partial charge in [-0.25, -0.2) is 0 Å². The summed E-state index contributed by atoms with van der Waals surface area (Å²) in [7, 11) is 3.22. The van der Waals surface area contributed by atoms with Crippen molar-refractivity contribution in [3.05, 3.63) is 30.0 Å². The lowest BCUT2D eigenvalue weighted by molar-refractivity contribution is -0.120. The van der Waals surface area contributed by atoms with Gasteiger partial charge >= 0.3 is 0 Å². The van der Waals surface area contributed by atoms with Gasteiger partial charge in [0.15, 0.2) is 5.69 Å². The molecule has 208 valence electrons. The zero-order chi connectivity index (χ0) is 27.8. The standard InChI is InChI=1S/C25H38N4O4.C4H10/c1-6-9-14-26-23(30)13-15-27-25(31)19-16-20(29(28-19)17-18(7-2)8-3)24-21(32-4)11-10-12-22(24)33-5;1-4(2)3/h10-12,16,18H,6-9,13-15,17H2,1-5H3,(H,26,30)(H,27,31);4H,1-3H3. The Morgan fingerprint density at radius 2 is 1.57 bits per heavy atom. The molecule has 1 heterocycles. The molecule has 8 nitrogen and oxygen atoms in total. The summed E-state index contributed by atoms with van der Waals surface area (Å²) in [4.78, 5) is 24.7. The lowest BCUT2D eigenvalue weighted by atomic mass is 10.0. The van der Waals surface area contributed by atoms with E-state index in [2.05, 4.69) is 57.3 Å². The van der Waals surface area contributed by atoms with Crippen LogP contribution in [0.5, 0.6) is 11.5 Å². The van der Waals surface area contributed by atoms with Gasteiger partial charge in [0.05, 0.1) is 25.5 Å². The zero-order valence-electron chi connectivity index (χ0n) is 24.1. The van der Waals surface area contributed by atoms with Crippen LogP contribution in [-0.4, -0.2) is 48.9 Å². The smallest absolute Gasteiger partial charge is 0.271 e. The second-order valence-electron chi connectivity index (χ2n) is 9.76. The number of carbonyl (C=O) groups excluding carboxylic acids is 2. The Morgan fingerprint density at radius 3 is 2.08 bits per heavy atom. The third kappa shape index (κ3) is 10.9. The maximum absolute atomic E-state index is 12.8. The Labute approximate surface area is 223 Å². The molecule has 37 heavy (non-hydrogen) atoms. The Hall–Kier alpha value is -3.03. The average Bonchev–Trinajstić information content (AvgIpc) is 3.29. The molecular weight excluding hydrogens is 468 g/mol. The fourth-order valence-electron chi connectivity index (χ4n) is 3.64. The van der Waals surface area contributed by atoms with E-state index in [1.54, 1.807) is 20.3 Å². The van der Waals surface area contributed by atoms with Gasteiger partial charge in [0.1, 0.15) is 11.5 Å². The Kier molecular flexibility index (Phi) is 15.1. The first-order valence-electron chi connectivity index (χ1n) is 13.6. The molecule has 2 rings (SSSR count). The molecule has 0 fully saturated rings. The monoisotopic (exact) mass is 516 g/mol. The first-order chi connectivity index (χ1) is 17.7. The van der Waals surface area contributed by atoms with Crippen molar-refractivity contribution in [3.8, 4) is 22.8 Å². The molecule has 8 heteroatoms. The molecule has 0 aliphatic heterocycles. The van der Waals surface area contributed by atoms with E-state index in [1.165, 1.54) is 0 Å². The first kappa shape index (κ1) is 32.0. The summed E-state index contributed by atoms with van der Waals surface area (Å²) < 4.78 is 13.0. The fraction of sp³-hybridized carbons (Fsp3) is 0.621. The van der Waals surface area contributed by atoms with Crippen molar-refractivity contribution < 1.29 is 19.1 Å². The molecule has 0 saturated carbocycles. The summed E-state index contributed by atoms with van der Waals surface area (Å²) in [5, 5.41) is 10.3. The quantitative estimate of drug-likeness (QED) is 0.314. The zero-order valence-corrected chi connectivity index (χ0v) is 24.1. The third-order valence-corrected chi connectivity index (χ3v) is 5.77. The molecule has 0 aliphatic rings. The van der Waals surface area contributed by atoms with Gasteiger partial charge in [-0.05, 0) is 36.5 Å². The average molecular weight is 517 g/mol. The highest BCUT2D eigenvalue weighted by atomic mass is 16.5. The van der Waals surface area contributed by atoms with Gasteiger partial charge in [-0.2, -0.15) is 5.10 Å². The number of hydrogen-bond acceptors (Lipinski definition) is 5. The van der Waals surface area contributed by atoms with Crippen LogP contribution in [0.3, 0.4) is 0 Å². The molecule has 2 aromatic rings. The van der Waals surface area contributed by atoms with E-state index in [4.69, 9.17) is 9.47 Å². The second-order valence-corrected chi connectivity index (χ2v) is 9.76. The largest absolute Gasteiger partial charge is 0.496 e. The molecule has 1 aromatic carbocycles. The van der Waals surface area contributed by atoms with Crippen molar-refractivity contribution in [2.45, 2.75) is 80.2 Å². The number of nitrogens with zero attached hydrogens (tertiary/aromatic N) is 2. The number of unbranched alkanes of at least 4 members (excludes halogenated alkanes) is 1. The lowest BCUT2D eigenvalue weighted by Gasteiger charge is -2.17. The summed E-state index contributed by atoms with van der Waals surface area (Å²) in [6.45, 7) is 14.5. The van der Waals surface area contributed by atoms with Crippen LogP contribution in [0.15, 0.2) is 24.3 Å². The molecule has 2 N–H and O–H groups in total. The van der Waals surface area contributed by atoms with Crippen molar-refractivity contribution in [3.63, 3.8) is 0 Å². The number of hydrogen-bond donors (Lipinski definition) is 2. The van der Waals surface area contributed by atoms with Gasteiger partial charge in [-0.1, -0.05) is 66.9 Å². The highest BCUT2D eigenvalue weighted by molar-refractivity contribution is 5.94. The van der Waals surface area contributed by atoms with Crippen LogP contribution in [0, 0.1) is 11.8 Å². The summed E-state index contributed by atoms with van der Waals surface area (Å²) in [6, 6.07) is 7.35. The Morgan fingerprint density at radius 1 is 0.973 bits per heavy atom. The number of aromatic nitrogens is 2. The van der Waals surface area contributed by atoms with Gasteiger partial charge in [0, 0.05) is 26.1 Å². The number of benzene rings is 1. The topological polar surface area (TPSA) is 94.5 Å². The highest BCUT2D eigenvalue weighted by Gasteiger charge is 2.22. The maximum atomic E-state index is 12.8. The predicted octanol–water partition coefficient (Wildman–Crippen LogP) is 5.70. The predicted molar refractivity (Wildman–Crippen MR) is 150 cm³/mol. The lowest BCUT2D eigenvalue weighted by Crippen LogP contribution is -2.31. The van der Waals surface area contributed by atoms with Crippen molar-refractivity contribution in [1.29, 1.82) is 0 Å². The Balaban J connectivity index is 0.00000159. The number of nitrogens with one attached hydrogen (secondary N) is 2. The highest BCUT2D eigenvalue weighted by Crippen LogP contribution is 2.39. The van der Waals surface area contributed by atoms with Crippen LogP contribution in [0.4, 0.5) is 0 Å². The number of rotatable bonds is 14. The van der Waals surface area contributed by atoms with Crippen LogP contribution < -0.4 is 20.1 Å². The van der Waals surface area contributed by atoms with Gasteiger partial charge in [0.25, 0.3) is 5.91 Å². The van der Waals surface area contributed by atoms with Crippen molar-refractivity contribution >= 4 is 11.8 Å². The van der Waals surface area contributed by atoms with Gasteiger partial charge in [-0.15, -0.1) is 0 Å². The van der Waals surface area contributed by atoms with E-state index in [9.17, 15) is 9.59 Å². The minimum Gasteiger partial charge on any atom is -0.496 e. The van der Waals surface area contributed by atoms with Crippen molar-refractivity contribution in [2.24, 2.45) is 11.8 Å². The van der Waals surface area contributed by atoms with E-state index in [0.717, 1.165) is 42.9 Å². The van der Waals surface area contributed by atoms with E-state index in [0.29, 0.717) is 36.2 Å². The maximum Gasteiger partial charge on any atom is 0.271 e. The summed E-state index contributed by atoms with van der Waals surface area (Å²) in [5.41, 5.74) is 1.82. The summed E-state index contributed by atoms with van der Waals surface area (Å²) in [6.07, 6.45) is 4.22. The van der Waals surface area contributed by atoms with Gasteiger partial charge < -0.3 is 20.1 Å². The number of carbonyl (C=O) groups is 2. The SMILES string of the molecule is CC(C)C.CCCCNC(=O)CCNC(=O)c1cc(-c2c(OC)cccc2OC)n(CC(CC)CC)n1. The minimum atomic E-state index is -0.310. The molecule has 0 atom stereocenters. The van der Waals surface area contributed by atoms with Crippen LogP contribution in [0.2, 0.25) is 0 Å². The molecule has 0 unspecified atom stereocenters. The normalized spacial score (nSPS) is 10.6. The van der Waals surface area contributed by atoms with Crippen molar-refractivity contribution in [2.75, 3.05) is 27.3 Å². The van der Waals surface area contributed by atoms with E-state index in [-0.39, 0.29) is 24.8 Å². The molecule has 0 aliphatic carbocycles. The second kappa shape index (κ2) is 17.4. The van der Waals surface area contributed by atoms with E-state index < -0.39 is 0 Å². The van der Waals surface area contributed by atoms with E-state index >= 15 is 0 Å². The molecular formula is C29H48N4O4. The van der Waals surface area contributed by atoms with E-state index in [1.807, 2.05) is 22.9 Å². The van der Waals surface area contributed by atoms with Gasteiger partial charge in [0.2, 0.25) is 5.91 Å². The number of methoxy groups -OCH3 is 2. The van der Waals surface area contributed by atoms with Crippen LogP contribution >= 0.6 is 0 Å². The number of amides is 2.